The molecule has 0 fully saturated rings. The number of benzene rings is 4. The molecule has 0 aliphatic rings. The van der Waals surface area contributed by atoms with Gasteiger partial charge in [-0.25, -0.2) is 4.57 Å². The van der Waals surface area contributed by atoms with Crippen molar-refractivity contribution >= 4 is 15.0 Å². The Morgan fingerprint density at radius 1 is 0.564 bits per heavy atom. The molecule has 0 heterocycles. The van der Waals surface area contributed by atoms with Crippen LogP contribution in [-0.2, 0) is 14.5 Å². The lowest BCUT2D eigenvalue weighted by molar-refractivity contribution is 0.275. The van der Waals surface area contributed by atoms with E-state index in [1.165, 1.54) is 6.66 Å². The van der Waals surface area contributed by atoms with E-state index >= 15 is 0 Å². The van der Waals surface area contributed by atoms with Crippen LogP contribution in [0.1, 0.15) is 31.9 Å². The SMILES string of the molecule is CC(Oc1ccccc1)P(C)(=O)Oc1ccc(C(C)(C)c2ccc(OP(C)(=O)Oc3ccccc3)cc2)cc1. The number of rotatable bonds is 11. The first kappa shape index (κ1) is 28.5. The highest BCUT2D eigenvalue weighted by Crippen LogP contribution is 2.49. The van der Waals surface area contributed by atoms with E-state index in [1.807, 2.05) is 84.9 Å². The highest BCUT2D eigenvalue weighted by Gasteiger charge is 2.29. The molecule has 204 valence electrons. The van der Waals surface area contributed by atoms with E-state index in [9.17, 15) is 9.13 Å². The molecule has 0 spiro atoms. The molecule has 3 unspecified atom stereocenters. The minimum Gasteiger partial charge on any atom is -0.480 e. The Morgan fingerprint density at radius 3 is 1.41 bits per heavy atom. The van der Waals surface area contributed by atoms with Gasteiger partial charge in [-0.05, 0) is 66.6 Å². The van der Waals surface area contributed by atoms with Crippen molar-refractivity contribution in [2.75, 3.05) is 13.3 Å². The molecule has 3 atom stereocenters. The van der Waals surface area contributed by atoms with Crippen molar-refractivity contribution in [1.29, 1.82) is 0 Å². The second-order valence-corrected chi connectivity index (χ2v) is 14.6. The van der Waals surface area contributed by atoms with Crippen LogP contribution in [0.15, 0.2) is 109 Å². The van der Waals surface area contributed by atoms with Gasteiger partial charge in [-0.15, -0.1) is 0 Å². The van der Waals surface area contributed by atoms with Gasteiger partial charge in [0.1, 0.15) is 23.0 Å². The Kier molecular flexibility index (Phi) is 8.59. The van der Waals surface area contributed by atoms with Gasteiger partial charge in [0.2, 0.25) is 0 Å². The predicted octanol–water partition coefficient (Wildman–Crippen LogP) is 9.00. The lowest BCUT2D eigenvalue weighted by Gasteiger charge is -2.27. The van der Waals surface area contributed by atoms with Crippen LogP contribution in [0.2, 0.25) is 0 Å². The van der Waals surface area contributed by atoms with E-state index in [4.69, 9.17) is 18.3 Å². The van der Waals surface area contributed by atoms with Crippen molar-refractivity contribution in [2.45, 2.75) is 32.0 Å². The molecular weight excluding hydrogens is 530 g/mol. The summed E-state index contributed by atoms with van der Waals surface area (Å²) in [5, 5.41) is 0. The minimum absolute atomic E-state index is 0.340. The topological polar surface area (TPSA) is 71.1 Å². The van der Waals surface area contributed by atoms with Crippen molar-refractivity contribution < 1.29 is 27.4 Å². The fourth-order valence-corrected chi connectivity index (χ4v) is 6.04. The highest BCUT2D eigenvalue weighted by atomic mass is 31.2. The molecule has 0 aliphatic heterocycles. The average Bonchev–Trinajstić information content (AvgIpc) is 2.90. The van der Waals surface area contributed by atoms with Crippen LogP contribution in [-0.4, -0.2) is 19.2 Å². The van der Waals surface area contributed by atoms with Gasteiger partial charge in [0.05, 0.1) is 6.66 Å². The predicted molar refractivity (Wildman–Crippen MR) is 157 cm³/mol. The lowest BCUT2D eigenvalue weighted by atomic mass is 9.78. The maximum atomic E-state index is 13.2. The fraction of sp³-hybridized carbons (Fsp3) is 0.226. The molecule has 4 rings (SSSR count). The molecule has 0 N–H and O–H groups in total. The summed E-state index contributed by atoms with van der Waals surface area (Å²) < 4.78 is 49.0. The van der Waals surface area contributed by atoms with Crippen LogP contribution in [0.25, 0.3) is 0 Å². The Morgan fingerprint density at radius 2 is 0.949 bits per heavy atom. The summed E-state index contributed by atoms with van der Waals surface area (Å²) in [6.07, 6.45) is 0. The molecule has 0 saturated carbocycles. The third-order valence-electron chi connectivity index (χ3n) is 6.43. The summed E-state index contributed by atoms with van der Waals surface area (Å²) in [4.78, 5) is 0. The third kappa shape index (κ3) is 7.56. The molecule has 0 aromatic heterocycles. The Bertz CT molecular complexity index is 1450. The molecule has 4 aromatic rings. The largest absolute Gasteiger partial charge is 0.480 e. The molecule has 0 bridgehead atoms. The minimum atomic E-state index is -3.35. The van der Waals surface area contributed by atoms with Crippen molar-refractivity contribution in [3.63, 3.8) is 0 Å². The summed E-state index contributed by atoms with van der Waals surface area (Å²) in [6.45, 7) is 9.02. The first-order chi connectivity index (χ1) is 18.4. The van der Waals surface area contributed by atoms with Crippen molar-refractivity contribution in [1.82, 2.24) is 0 Å². The first-order valence-electron chi connectivity index (χ1n) is 12.7. The maximum absolute atomic E-state index is 13.2. The first-order valence-corrected chi connectivity index (χ1v) is 16.8. The summed E-state index contributed by atoms with van der Waals surface area (Å²) in [5.74, 6) is 1.52. The molecule has 0 aliphatic carbocycles. The van der Waals surface area contributed by atoms with Gasteiger partial charge in [0.15, 0.2) is 5.85 Å². The molecule has 39 heavy (non-hydrogen) atoms. The number of hydrogen-bond donors (Lipinski definition) is 0. The van der Waals surface area contributed by atoms with Crippen LogP contribution in [0.4, 0.5) is 0 Å². The zero-order valence-corrected chi connectivity index (χ0v) is 24.6. The van der Waals surface area contributed by atoms with Crippen LogP contribution in [0, 0.1) is 0 Å². The summed E-state index contributed by atoms with van der Waals surface area (Å²) in [6, 6.07) is 33.3. The number of ether oxygens (including phenoxy) is 1. The smallest absolute Gasteiger partial charge is 0.427 e. The van der Waals surface area contributed by atoms with Crippen LogP contribution in [0.5, 0.6) is 23.0 Å². The van der Waals surface area contributed by atoms with Crippen LogP contribution in [0.3, 0.4) is 0 Å². The fourth-order valence-electron chi connectivity index (χ4n) is 3.99. The standard InChI is InChI=1S/C31H34O6P2/c1-24(34-27-12-8-6-9-13-27)38(4,32)35-29-20-16-25(17-21-29)31(2,3)26-18-22-30(23-19-26)37-39(5,33)36-28-14-10-7-11-15-28/h6-24H,1-5H3. The van der Waals surface area contributed by atoms with Gasteiger partial charge in [-0.1, -0.05) is 74.5 Å². The Hall–Kier alpha value is -3.46. The summed E-state index contributed by atoms with van der Waals surface area (Å²) >= 11 is 0. The van der Waals surface area contributed by atoms with Gasteiger partial charge in [-0.3, -0.25) is 4.57 Å². The summed E-state index contributed by atoms with van der Waals surface area (Å²) in [5.41, 5.74) is 1.76. The zero-order chi connectivity index (χ0) is 28.1. The monoisotopic (exact) mass is 564 g/mol. The second-order valence-electron chi connectivity index (χ2n) is 9.97. The molecule has 4 aromatic carbocycles. The Labute approximate surface area is 230 Å². The molecule has 6 nitrogen and oxygen atoms in total. The second kappa shape index (κ2) is 11.7. The molecule has 0 amide bonds. The lowest BCUT2D eigenvalue weighted by Crippen LogP contribution is -2.19. The molecule has 0 saturated heterocycles. The normalized spacial score (nSPS) is 15.3. The Balaban J connectivity index is 1.40. The van der Waals surface area contributed by atoms with Crippen molar-refractivity contribution in [3.05, 3.63) is 120 Å². The van der Waals surface area contributed by atoms with Crippen molar-refractivity contribution in [3.8, 4) is 23.0 Å². The van der Waals surface area contributed by atoms with E-state index < -0.39 is 20.8 Å². The van der Waals surface area contributed by atoms with Gasteiger partial charge in [0.25, 0.3) is 7.37 Å². The molecule has 8 heteroatoms. The van der Waals surface area contributed by atoms with Gasteiger partial charge < -0.3 is 18.3 Å². The van der Waals surface area contributed by atoms with E-state index in [0.29, 0.717) is 23.0 Å². The number of hydrogen-bond acceptors (Lipinski definition) is 6. The van der Waals surface area contributed by atoms with Gasteiger partial charge in [-0.2, -0.15) is 0 Å². The van der Waals surface area contributed by atoms with E-state index in [-0.39, 0.29) is 5.41 Å². The number of para-hydroxylation sites is 2. The maximum Gasteiger partial charge on any atom is 0.427 e. The van der Waals surface area contributed by atoms with Crippen LogP contribution >= 0.6 is 15.0 Å². The van der Waals surface area contributed by atoms with E-state index in [2.05, 4.69) is 13.8 Å². The van der Waals surface area contributed by atoms with E-state index in [1.54, 1.807) is 37.9 Å². The zero-order valence-electron chi connectivity index (χ0n) is 22.8. The third-order valence-corrected chi connectivity index (χ3v) is 9.52. The molecular formula is C31H34O6P2. The molecule has 0 radical (unpaired) electrons. The van der Waals surface area contributed by atoms with Crippen molar-refractivity contribution in [2.24, 2.45) is 0 Å². The highest BCUT2D eigenvalue weighted by molar-refractivity contribution is 7.59. The quantitative estimate of drug-likeness (QED) is 0.169. The summed E-state index contributed by atoms with van der Waals surface area (Å²) in [7, 11) is -6.45. The van der Waals surface area contributed by atoms with Gasteiger partial charge >= 0.3 is 7.60 Å². The van der Waals surface area contributed by atoms with Crippen LogP contribution < -0.4 is 18.3 Å². The van der Waals surface area contributed by atoms with Gasteiger partial charge in [0, 0.05) is 12.1 Å². The van der Waals surface area contributed by atoms with E-state index in [0.717, 1.165) is 11.1 Å². The average molecular weight is 565 g/mol.